The Labute approximate surface area is 116 Å². The number of amides is 1. The third kappa shape index (κ3) is 6.60. The van der Waals surface area contributed by atoms with E-state index in [4.69, 9.17) is 5.11 Å². The van der Waals surface area contributed by atoms with Crippen LogP contribution in [0.25, 0.3) is 0 Å². The van der Waals surface area contributed by atoms with E-state index >= 15 is 0 Å². The molecule has 0 aliphatic heterocycles. The van der Waals surface area contributed by atoms with Gasteiger partial charge >= 0.3 is 5.97 Å². The van der Waals surface area contributed by atoms with Gasteiger partial charge in [0, 0.05) is 18.9 Å². The molecule has 19 heavy (non-hydrogen) atoms. The Kier molecular flexibility index (Phi) is 7.53. The SMILES string of the molecule is CCCCC1CCC(C(=O)NCCCC(=O)O)CC1. The second-order valence-corrected chi connectivity index (χ2v) is 5.65. The van der Waals surface area contributed by atoms with Crippen LogP contribution in [0.15, 0.2) is 0 Å². The fraction of sp³-hybridized carbons (Fsp3) is 0.867. The number of carbonyl (C=O) groups excluding carboxylic acids is 1. The molecular formula is C15H27NO3. The van der Waals surface area contributed by atoms with E-state index in [1.165, 1.54) is 32.1 Å². The Bertz CT molecular complexity index is 283. The van der Waals surface area contributed by atoms with E-state index < -0.39 is 5.97 Å². The van der Waals surface area contributed by atoms with Crippen LogP contribution < -0.4 is 5.32 Å². The van der Waals surface area contributed by atoms with Crippen molar-refractivity contribution in [3.8, 4) is 0 Å². The second-order valence-electron chi connectivity index (χ2n) is 5.65. The summed E-state index contributed by atoms with van der Waals surface area (Å²) >= 11 is 0. The number of nitrogens with one attached hydrogen (secondary N) is 1. The number of carboxylic acid groups (broad SMARTS) is 1. The Morgan fingerprint density at radius 3 is 2.42 bits per heavy atom. The summed E-state index contributed by atoms with van der Waals surface area (Å²) in [5.41, 5.74) is 0. The van der Waals surface area contributed by atoms with E-state index in [0.717, 1.165) is 18.8 Å². The van der Waals surface area contributed by atoms with Crippen molar-refractivity contribution in [2.24, 2.45) is 11.8 Å². The summed E-state index contributed by atoms with van der Waals surface area (Å²) in [7, 11) is 0. The normalized spacial score (nSPS) is 23.0. The van der Waals surface area contributed by atoms with E-state index in [1.54, 1.807) is 0 Å². The molecule has 0 radical (unpaired) electrons. The van der Waals surface area contributed by atoms with Gasteiger partial charge in [0.25, 0.3) is 0 Å². The van der Waals surface area contributed by atoms with Gasteiger partial charge in [-0.25, -0.2) is 0 Å². The average Bonchev–Trinajstić information content (AvgIpc) is 2.41. The minimum Gasteiger partial charge on any atom is -0.481 e. The third-order valence-electron chi connectivity index (χ3n) is 4.05. The first-order valence-electron chi connectivity index (χ1n) is 7.63. The molecule has 0 aromatic carbocycles. The summed E-state index contributed by atoms with van der Waals surface area (Å²) in [5, 5.41) is 11.4. The molecule has 0 aromatic heterocycles. The van der Waals surface area contributed by atoms with Crippen LogP contribution in [0.4, 0.5) is 0 Å². The number of carbonyl (C=O) groups is 2. The topological polar surface area (TPSA) is 66.4 Å². The maximum Gasteiger partial charge on any atom is 0.303 e. The Morgan fingerprint density at radius 1 is 1.16 bits per heavy atom. The molecule has 2 N–H and O–H groups in total. The van der Waals surface area contributed by atoms with Crippen LogP contribution in [-0.4, -0.2) is 23.5 Å². The lowest BCUT2D eigenvalue weighted by Gasteiger charge is -2.27. The number of aliphatic carboxylic acids is 1. The second kappa shape index (κ2) is 8.94. The van der Waals surface area contributed by atoms with Crippen molar-refractivity contribution in [2.45, 2.75) is 64.7 Å². The van der Waals surface area contributed by atoms with Crippen molar-refractivity contribution < 1.29 is 14.7 Å². The highest BCUT2D eigenvalue weighted by Crippen LogP contribution is 2.31. The number of carboxylic acids is 1. The predicted octanol–water partition coefficient (Wildman–Crippen LogP) is 2.96. The highest BCUT2D eigenvalue weighted by Gasteiger charge is 2.25. The zero-order chi connectivity index (χ0) is 14.1. The maximum absolute atomic E-state index is 11.9. The van der Waals surface area contributed by atoms with Gasteiger partial charge in [-0.2, -0.15) is 0 Å². The van der Waals surface area contributed by atoms with Crippen molar-refractivity contribution in [1.29, 1.82) is 0 Å². The first-order chi connectivity index (χ1) is 9.13. The highest BCUT2D eigenvalue weighted by molar-refractivity contribution is 5.78. The molecule has 4 nitrogen and oxygen atoms in total. The zero-order valence-electron chi connectivity index (χ0n) is 12.0. The Hall–Kier alpha value is -1.06. The van der Waals surface area contributed by atoms with Gasteiger partial charge in [-0.05, 0) is 38.0 Å². The van der Waals surface area contributed by atoms with Crippen molar-refractivity contribution in [3.63, 3.8) is 0 Å². The van der Waals surface area contributed by atoms with E-state index in [9.17, 15) is 9.59 Å². The number of hydrogen-bond donors (Lipinski definition) is 2. The van der Waals surface area contributed by atoms with Crippen LogP contribution in [0.2, 0.25) is 0 Å². The Morgan fingerprint density at radius 2 is 1.84 bits per heavy atom. The monoisotopic (exact) mass is 269 g/mol. The van der Waals surface area contributed by atoms with Crippen molar-refractivity contribution in [3.05, 3.63) is 0 Å². The number of unbranched alkanes of at least 4 members (excludes halogenated alkanes) is 1. The Balaban J connectivity index is 2.12. The van der Waals surface area contributed by atoms with E-state index in [-0.39, 0.29) is 18.2 Å². The molecule has 1 saturated carbocycles. The molecule has 1 rings (SSSR count). The van der Waals surface area contributed by atoms with Crippen LogP contribution in [0.3, 0.4) is 0 Å². The average molecular weight is 269 g/mol. The van der Waals surface area contributed by atoms with Gasteiger partial charge in [-0.3, -0.25) is 9.59 Å². The number of hydrogen-bond acceptors (Lipinski definition) is 2. The van der Waals surface area contributed by atoms with Crippen LogP contribution in [0, 0.1) is 11.8 Å². The lowest BCUT2D eigenvalue weighted by Crippen LogP contribution is -2.34. The van der Waals surface area contributed by atoms with Crippen LogP contribution >= 0.6 is 0 Å². The van der Waals surface area contributed by atoms with Gasteiger partial charge in [0.1, 0.15) is 0 Å². The van der Waals surface area contributed by atoms with E-state index in [1.807, 2.05) is 0 Å². The minimum atomic E-state index is -0.800. The van der Waals surface area contributed by atoms with Gasteiger partial charge in [-0.1, -0.05) is 26.2 Å². The molecule has 0 bridgehead atoms. The summed E-state index contributed by atoms with van der Waals surface area (Å²) < 4.78 is 0. The summed E-state index contributed by atoms with van der Waals surface area (Å²) in [6.45, 7) is 2.71. The molecule has 0 spiro atoms. The van der Waals surface area contributed by atoms with Gasteiger partial charge in [0.2, 0.25) is 5.91 Å². The van der Waals surface area contributed by atoms with E-state index in [2.05, 4.69) is 12.2 Å². The molecule has 0 heterocycles. The zero-order valence-corrected chi connectivity index (χ0v) is 12.0. The molecule has 1 amide bonds. The molecule has 0 unspecified atom stereocenters. The fourth-order valence-corrected chi connectivity index (χ4v) is 2.80. The lowest BCUT2D eigenvalue weighted by atomic mass is 9.79. The predicted molar refractivity (Wildman–Crippen MR) is 74.9 cm³/mol. The van der Waals surface area contributed by atoms with Crippen LogP contribution in [0.1, 0.15) is 64.7 Å². The van der Waals surface area contributed by atoms with Crippen molar-refractivity contribution >= 4 is 11.9 Å². The standard InChI is InChI=1S/C15H27NO3/c1-2-3-5-12-7-9-13(10-8-12)15(19)16-11-4-6-14(17)18/h12-13H,2-11H2,1H3,(H,16,19)(H,17,18). The van der Waals surface area contributed by atoms with E-state index in [0.29, 0.717) is 13.0 Å². The number of rotatable bonds is 8. The molecule has 4 heteroatoms. The molecular weight excluding hydrogens is 242 g/mol. The molecule has 110 valence electrons. The molecule has 1 aliphatic carbocycles. The summed E-state index contributed by atoms with van der Waals surface area (Å²) in [6.07, 6.45) is 8.86. The van der Waals surface area contributed by atoms with Crippen LogP contribution in [-0.2, 0) is 9.59 Å². The van der Waals surface area contributed by atoms with Gasteiger partial charge in [-0.15, -0.1) is 0 Å². The van der Waals surface area contributed by atoms with Crippen molar-refractivity contribution in [1.82, 2.24) is 5.32 Å². The van der Waals surface area contributed by atoms with Gasteiger partial charge < -0.3 is 10.4 Å². The molecule has 0 aromatic rings. The molecule has 0 atom stereocenters. The lowest BCUT2D eigenvalue weighted by molar-refractivity contribution is -0.137. The third-order valence-corrected chi connectivity index (χ3v) is 4.05. The van der Waals surface area contributed by atoms with Crippen molar-refractivity contribution in [2.75, 3.05) is 6.54 Å². The smallest absolute Gasteiger partial charge is 0.303 e. The molecule has 1 aliphatic rings. The fourth-order valence-electron chi connectivity index (χ4n) is 2.80. The largest absolute Gasteiger partial charge is 0.481 e. The highest BCUT2D eigenvalue weighted by atomic mass is 16.4. The summed E-state index contributed by atoms with van der Waals surface area (Å²) in [5.74, 6) is 0.295. The first-order valence-corrected chi connectivity index (χ1v) is 7.63. The van der Waals surface area contributed by atoms with Gasteiger partial charge in [0.15, 0.2) is 0 Å². The molecule has 1 fully saturated rings. The quantitative estimate of drug-likeness (QED) is 0.666. The maximum atomic E-state index is 11.9. The van der Waals surface area contributed by atoms with Crippen LogP contribution in [0.5, 0.6) is 0 Å². The molecule has 0 saturated heterocycles. The first kappa shape index (κ1) is 16.0. The summed E-state index contributed by atoms with van der Waals surface area (Å²) in [4.78, 5) is 22.3. The minimum absolute atomic E-state index is 0.124. The summed E-state index contributed by atoms with van der Waals surface area (Å²) in [6, 6.07) is 0. The van der Waals surface area contributed by atoms with Gasteiger partial charge in [0.05, 0.1) is 0 Å².